The number of rotatable bonds is 6. The number of hydrogen-bond acceptors (Lipinski definition) is 1. The lowest BCUT2D eigenvalue weighted by atomic mass is 9.56. The molecule has 1 fully saturated rings. The molecule has 1 aliphatic carbocycles. The van der Waals surface area contributed by atoms with Crippen LogP contribution in [0.1, 0.15) is 51.7 Å². The van der Waals surface area contributed by atoms with Crippen LogP contribution in [-0.2, 0) is 5.41 Å². The molecule has 0 heterocycles. The minimum absolute atomic E-state index is 0.386. The van der Waals surface area contributed by atoms with E-state index in [1.807, 2.05) is 0 Å². The van der Waals surface area contributed by atoms with E-state index in [1.165, 1.54) is 24.0 Å². The van der Waals surface area contributed by atoms with Crippen LogP contribution >= 0.6 is 0 Å². The molecule has 0 aliphatic heterocycles. The zero-order valence-corrected chi connectivity index (χ0v) is 13.9. The highest BCUT2D eigenvalue weighted by atomic mass is 14.9. The Morgan fingerprint density at radius 1 is 1.10 bits per heavy atom. The maximum atomic E-state index is 3.70. The third-order valence-electron chi connectivity index (χ3n) is 4.93. The molecule has 0 bridgehead atoms. The van der Waals surface area contributed by atoms with Crippen molar-refractivity contribution >= 4 is 0 Å². The van der Waals surface area contributed by atoms with Crippen LogP contribution in [0.2, 0.25) is 0 Å². The Kier molecular flexibility index (Phi) is 4.90. The zero-order valence-electron chi connectivity index (χ0n) is 13.9. The SMILES string of the molecule is Cc1ccc(C2(CNCC(C)C)CC(C(C)C)C2)cc1. The monoisotopic (exact) mass is 273 g/mol. The Morgan fingerprint density at radius 3 is 2.20 bits per heavy atom. The van der Waals surface area contributed by atoms with Gasteiger partial charge in [-0.25, -0.2) is 0 Å². The molecule has 0 radical (unpaired) electrons. The molecule has 0 saturated heterocycles. The second-order valence-corrected chi connectivity index (χ2v) is 7.58. The Morgan fingerprint density at radius 2 is 1.70 bits per heavy atom. The highest BCUT2D eigenvalue weighted by molar-refractivity contribution is 5.32. The summed E-state index contributed by atoms with van der Waals surface area (Å²) in [4.78, 5) is 0. The van der Waals surface area contributed by atoms with Crippen molar-refractivity contribution in [2.45, 2.75) is 52.9 Å². The number of hydrogen-bond donors (Lipinski definition) is 1. The van der Waals surface area contributed by atoms with Crippen molar-refractivity contribution in [3.05, 3.63) is 35.4 Å². The highest BCUT2D eigenvalue weighted by Gasteiger charge is 2.45. The van der Waals surface area contributed by atoms with Gasteiger partial charge in [0.1, 0.15) is 0 Å². The van der Waals surface area contributed by atoms with Crippen molar-refractivity contribution in [1.29, 1.82) is 0 Å². The summed E-state index contributed by atoms with van der Waals surface area (Å²) in [5, 5.41) is 3.70. The molecule has 1 aliphatic rings. The first-order valence-corrected chi connectivity index (χ1v) is 8.21. The quantitative estimate of drug-likeness (QED) is 0.802. The van der Waals surface area contributed by atoms with Crippen LogP contribution in [0.3, 0.4) is 0 Å². The van der Waals surface area contributed by atoms with Crippen molar-refractivity contribution in [2.75, 3.05) is 13.1 Å². The van der Waals surface area contributed by atoms with Gasteiger partial charge in [-0.2, -0.15) is 0 Å². The average molecular weight is 273 g/mol. The summed E-state index contributed by atoms with van der Waals surface area (Å²) in [7, 11) is 0. The van der Waals surface area contributed by atoms with Gasteiger partial charge in [-0.1, -0.05) is 57.5 Å². The normalized spacial score (nSPS) is 26.1. The van der Waals surface area contributed by atoms with Crippen LogP contribution < -0.4 is 5.32 Å². The predicted octanol–water partition coefficient (Wildman–Crippen LogP) is 4.54. The van der Waals surface area contributed by atoms with E-state index >= 15 is 0 Å². The van der Waals surface area contributed by atoms with E-state index < -0.39 is 0 Å². The van der Waals surface area contributed by atoms with Gasteiger partial charge in [0.15, 0.2) is 0 Å². The smallest absolute Gasteiger partial charge is 0.00832 e. The summed E-state index contributed by atoms with van der Waals surface area (Å²) in [6, 6.07) is 9.23. The van der Waals surface area contributed by atoms with E-state index in [0.717, 1.165) is 30.8 Å². The molecule has 0 amide bonds. The van der Waals surface area contributed by atoms with E-state index in [9.17, 15) is 0 Å². The van der Waals surface area contributed by atoms with Gasteiger partial charge in [-0.15, -0.1) is 0 Å². The third kappa shape index (κ3) is 3.44. The van der Waals surface area contributed by atoms with Crippen LogP contribution in [-0.4, -0.2) is 13.1 Å². The molecule has 1 N–H and O–H groups in total. The van der Waals surface area contributed by atoms with Gasteiger partial charge >= 0.3 is 0 Å². The maximum Gasteiger partial charge on any atom is 0.00832 e. The van der Waals surface area contributed by atoms with Gasteiger partial charge in [-0.05, 0) is 49.6 Å². The van der Waals surface area contributed by atoms with E-state index in [1.54, 1.807) is 0 Å². The van der Waals surface area contributed by atoms with Gasteiger partial charge < -0.3 is 5.32 Å². The minimum atomic E-state index is 0.386. The molecule has 2 rings (SSSR count). The third-order valence-corrected chi connectivity index (χ3v) is 4.93. The Bertz CT molecular complexity index is 410. The highest BCUT2D eigenvalue weighted by Crippen LogP contribution is 2.50. The predicted molar refractivity (Wildman–Crippen MR) is 88.1 cm³/mol. The zero-order chi connectivity index (χ0) is 14.8. The molecule has 1 nitrogen and oxygen atoms in total. The number of nitrogens with one attached hydrogen (secondary N) is 1. The van der Waals surface area contributed by atoms with E-state index in [2.05, 4.69) is 64.2 Å². The van der Waals surface area contributed by atoms with E-state index in [0.29, 0.717) is 5.41 Å². The van der Waals surface area contributed by atoms with E-state index in [-0.39, 0.29) is 0 Å². The summed E-state index contributed by atoms with van der Waals surface area (Å²) < 4.78 is 0. The first-order valence-electron chi connectivity index (χ1n) is 8.21. The molecule has 0 spiro atoms. The molecule has 0 unspecified atom stereocenters. The largest absolute Gasteiger partial charge is 0.316 e. The molecule has 1 heteroatoms. The van der Waals surface area contributed by atoms with Crippen molar-refractivity contribution in [1.82, 2.24) is 5.32 Å². The number of aryl methyl sites for hydroxylation is 1. The topological polar surface area (TPSA) is 12.0 Å². The van der Waals surface area contributed by atoms with Gasteiger partial charge in [-0.3, -0.25) is 0 Å². The summed E-state index contributed by atoms with van der Waals surface area (Å²) in [6.07, 6.45) is 2.69. The molecule has 1 saturated carbocycles. The summed E-state index contributed by atoms with van der Waals surface area (Å²) >= 11 is 0. The summed E-state index contributed by atoms with van der Waals surface area (Å²) in [5.41, 5.74) is 3.28. The Labute approximate surface area is 125 Å². The molecule has 1 aromatic rings. The van der Waals surface area contributed by atoms with Crippen LogP contribution in [0, 0.1) is 24.7 Å². The van der Waals surface area contributed by atoms with Crippen molar-refractivity contribution in [3.8, 4) is 0 Å². The fourth-order valence-corrected chi connectivity index (χ4v) is 3.40. The lowest BCUT2D eigenvalue weighted by Crippen LogP contribution is -2.50. The first-order chi connectivity index (χ1) is 9.43. The van der Waals surface area contributed by atoms with Crippen molar-refractivity contribution in [3.63, 3.8) is 0 Å². The summed E-state index contributed by atoms with van der Waals surface area (Å²) in [6.45, 7) is 13.7. The standard InChI is InChI=1S/C19H31N/c1-14(2)12-20-13-19(10-17(11-19)15(3)4)18-8-6-16(5)7-9-18/h6-9,14-15,17,20H,10-13H2,1-5H3. The van der Waals surface area contributed by atoms with Crippen LogP contribution in [0.25, 0.3) is 0 Å². The van der Waals surface area contributed by atoms with Crippen LogP contribution in [0.5, 0.6) is 0 Å². The molecule has 20 heavy (non-hydrogen) atoms. The second-order valence-electron chi connectivity index (χ2n) is 7.58. The van der Waals surface area contributed by atoms with Crippen molar-refractivity contribution in [2.24, 2.45) is 17.8 Å². The molecule has 1 aromatic carbocycles. The molecule has 0 aromatic heterocycles. The lowest BCUT2D eigenvalue weighted by molar-refractivity contribution is 0.0970. The molecular weight excluding hydrogens is 242 g/mol. The second kappa shape index (κ2) is 6.30. The Hall–Kier alpha value is -0.820. The van der Waals surface area contributed by atoms with Gasteiger partial charge in [0.2, 0.25) is 0 Å². The fourth-order valence-electron chi connectivity index (χ4n) is 3.40. The minimum Gasteiger partial charge on any atom is -0.316 e. The first kappa shape index (κ1) is 15.6. The maximum absolute atomic E-state index is 3.70. The molecule has 112 valence electrons. The van der Waals surface area contributed by atoms with Gasteiger partial charge in [0, 0.05) is 12.0 Å². The van der Waals surface area contributed by atoms with Crippen molar-refractivity contribution < 1.29 is 0 Å². The molecule has 0 atom stereocenters. The van der Waals surface area contributed by atoms with E-state index in [4.69, 9.17) is 0 Å². The summed E-state index contributed by atoms with van der Waals surface area (Å²) in [5.74, 6) is 2.45. The van der Waals surface area contributed by atoms with Gasteiger partial charge in [0.25, 0.3) is 0 Å². The van der Waals surface area contributed by atoms with Gasteiger partial charge in [0.05, 0.1) is 0 Å². The molecular formula is C19H31N. The van der Waals surface area contributed by atoms with Crippen LogP contribution in [0.4, 0.5) is 0 Å². The fraction of sp³-hybridized carbons (Fsp3) is 0.684. The lowest BCUT2D eigenvalue weighted by Gasteiger charge is -2.50. The average Bonchev–Trinajstić information content (AvgIpc) is 2.32. The Balaban J connectivity index is 2.07. The van der Waals surface area contributed by atoms with Crippen LogP contribution in [0.15, 0.2) is 24.3 Å². The number of benzene rings is 1.